The standard InChI is InChI=1S/Ca.Co.H3Si.V.2H/h;;1H3;;;/q+2;;;;2*-1. The molecule has 0 rings (SSSR count). The minimum Gasteiger partial charge on any atom is -1.00 e. The molecule has 0 aliphatic heterocycles. The van der Waals surface area contributed by atoms with Crippen molar-refractivity contribution in [1.29, 1.82) is 0 Å². The van der Waals surface area contributed by atoms with E-state index in [0.717, 1.165) is 0 Å². The second-order valence-corrected chi connectivity index (χ2v) is 0. The minimum absolute atomic E-state index is 0. The Morgan fingerprint density at radius 3 is 1.25 bits per heavy atom. The van der Waals surface area contributed by atoms with Gasteiger partial charge in [-0.1, -0.05) is 0 Å². The van der Waals surface area contributed by atoms with Gasteiger partial charge >= 0.3 is 37.7 Å². The molecule has 0 aliphatic carbocycles. The van der Waals surface area contributed by atoms with Crippen molar-refractivity contribution in [2.75, 3.05) is 0 Å². The SMILES string of the molecule is [Ca+2].[Co].[H-].[H-].[SiH3].[V]. The molecule has 0 heterocycles. The van der Waals surface area contributed by atoms with Crippen LogP contribution in [-0.4, -0.2) is 48.7 Å². The molecule has 0 saturated carbocycles. The van der Waals surface area contributed by atoms with Crippen LogP contribution in [-0.2, 0) is 35.3 Å². The Labute approximate surface area is 85.6 Å². The van der Waals surface area contributed by atoms with Crippen LogP contribution < -0.4 is 0 Å². The van der Waals surface area contributed by atoms with Crippen LogP contribution in [0.3, 0.4) is 0 Å². The molecule has 0 atom stereocenters. The van der Waals surface area contributed by atoms with Crippen molar-refractivity contribution in [3.63, 3.8) is 0 Å². The first-order valence-electron chi connectivity index (χ1n) is 0. The molecule has 0 N–H and O–H groups in total. The molecule has 4 heteroatoms. The molecule has 0 aromatic rings. The van der Waals surface area contributed by atoms with E-state index >= 15 is 0 Å². The third kappa shape index (κ3) is 8.82. The van der Waals surface area contributed by atoms with Gasteiger partial charge in [0.15, 0.2) is 0 Å². The summed E-state index contributed by atoms with van der Waals surface area (Å²) in [6.45, 7) is 0. The van der Waals surface area contributed by atoms with Crippen LogP contribution in [0.4, 0.5) is 0 Å². The quantitative estimate of drug-likeness (QED) is 0.407. The zero-order chi connectivity index (χ0) is 0. The van der Waals surface area contributed by atoms with E-state index < -0.39 is 0 Å². The average molecular weight is 183 g/mol. The molecule has 0 aliphatic rings. The third-order valence-electron chi connectivity index (χ3n) is 0. The summed E-state index contributed by atoms with van der Waals surface area (Å²) in [5.74, 6) is 0. The molecule has 0 amide bonds. The maximum absolute atomic E-state index is 0. The molecular formula is H5CaCoSiV. The second-order valence-electron chi connectivity index (χ2n) is 0. The number of hydrogen-bond donors (Lipinski definition) is 0. The topological polar surface area (TPSA) is 0 Å². The minimum atomic E-state index is 0. The molecule has 0 unspecified atom stereocenters. The summed E-state index contributed by atoms with van der Waals surface area (Å²) in [6.07, 6.45) is 0. The molecule has 0 aromatic carbocycles. The molecule has 0 spiro atoms. The van der Waals surface area contributed by atoms with Gasteiger partial charge in [0.05, 0.1) is 0 Å². The molecule has 0 bridgehead atoms. The van der Waals surface area contributed by atoms with Crippen LogP contribution in [0.15, 0.2) is 0 Å². The van der Waals surface area contributed by atoms with Crippen molar-refractivity contribution in [3.8, 4) is 0 Å². The predicted octanol–water partition coefficient (Wildman–Crippen LogP) is -1.34. The maximum atomic E-state index is 0. The van der Waals surface area contributed by atoms with E-state index in [1.165, 1.54) is 0 Å². The normalized spacial score (nSPS) is 0. The van der Waals surface area contributed by atoms with E-state index in [9.17, 15) is 0 Å². The van der Waals surface area contributed by atoms with Gasteiger partial charge in [-0.05, 0) is 11.0 Å². The van der Waals surface area contributed by atoms with Crippen molar-refractivity contribution >= 4 is 48.7 Å². The van der Waals surface area contributed by atoms with Gasteiger partial charge in [0.2, 0.25) is 0 Å². The Bertz CT molecular complexity index is 13.5. The molecule has 0 nitrogen and oxygen atoms in total. The molecule has 4 heavy (non-hydrogen) atoms. The summed E-state index contributed by atoms with van der Waals surface area (Å²) in [5.41, 5.74) is 0. The second kappa shape index (κ2) is 17.6. The molecule has 0 fully saturated rings. The maximum Gasteiger partial charge on any atom is 2.00 e. The summed E-state index contributed by atoms with van der Waals surface area (Å²) < 4.78 is 0. The van der Waals surface area contributed by atoms with Gasteiger partial charge < -0.3 is 2.85 Å². The van der Waals surface area contributed by atoms with Gasteiger partial charge in [-0.15, -0.1) is 0 Å². The summed E-state index contributed by atoms with van der Waals surface area (Å²) in [4.78, 5) is 0. The Morgan fingerprint density at radius 2 is 1.25 bits per heavy atom. The number of hydrogen-bond acceptors (Lipinski definition) is 0. The van der Waals surface area contributed by atoms with E-state index in [4.69, 9.17) is 0 Å². The van der Waals surface area contributed by atoms with Crippen molar-refractivity contribution in [2.45, 2.75) is 0 Å². The van der Waals surface area contributed by atoms with Gasteiger partial charge in [0, 0.05) is 35.3 Å². The van der Waals surface area contributed by atoms with E-state index in [1.807, 2.05) is 0 Å². The van der Waals surface area contributed by atoms with Crippen LogP contribution in [0.25, 0.3) is 0 Å². The Balaban J connectivity index is 0. The smallest absolute Gasteiger partial charge is 1.00 e. The van der Waals surface area contributed by atoms with Gasteiger partial charge in [-0.2, -0.15) is 0 Å². The molecule has 25 valence electrons. The fourth-order valence-corrected chi connectivity index (χ4v) is 0. The zero-order valence-electron chi connectivity index (χ0n) is 4.49. The van der Waals surface area contributed by atoms with E-state index in [2.05, 4.69) is 0 Å². The van der Waals surface area contributed by atoms with Gasteiger partial charge in [0.1, 0.15) is 0 Å². The number of rotatable bonds is 0. The summed E-state index contributed by atoms with van der Waals surface area (Å²) in [7, 11) is 0. The van der Waals surface area contributed by atoms with Gasteiger partial charge in [-0.25, -0.2) is 0 Å². The molecule has 3 radical (unpaired) electrons. The van der Waals surface area contributed by atoms with Crippen molar-refractivity contribution in [1.82, 2.24) is 0 Å². The van der Waals surface area contributed by atoms with Crippen molar-refractivity contribution in [2.24, 2.45) is 0 Å². The third-order valence-corrected chi connectivity index (χ3v) is 0. The Kier molecular flexibility index (Phi) is 136. The molecular weight excluding hydrogens is 178 g/mol. The van der Waals surface area contributed by atoms with E-state index in [0.29, 0.717) is 0 Å². The Hall–Kier alpha value is 2.57. The summed E-state index contributed by atoms with van der Waals surface area (Å²) >= 11 is 0. The fourth-order valence-electron chi connectivity index (χ4n) is 0. The Morgan fingerprint density at radius 1 is 1.25 bits per heavy atom. The first kappa shape index (κ1) is 30.9. The molecule has 0 aromatic heterocycles. The van der Waals surface area contributed by atoms with Crippen molar-refractivity contribution < 1.29 is 38.2 Å². The van der Waals surface area contributed by atoms with Crippen LogP contribution >= 0.6 is 0 Å². The first-order valence-corrected chi connectivity index (χ1v) is 0. The summed E-state index contributed by atoms with van der Waals surface area (Å²) in [5, 5.41) is 0. The monoisotopic (exact) mass is 183 g/mol. The van der Waals surface area contributed by atoms with Crippen LogP contribution in [0.1, 0.15) is 2.85 Å². The van der Waals surface area contributed by atoms with Gasteiger partial charge in [-0.3, -0.25) is 0 Å². The predicted molar refractivity (Wildman–Crippen MR) is 17.9 cm³/mol. The van der Waals surface area contributed by atoms with E-state index in [-0.39, 0.29) is 86.9 Å². The average Bonchev–Trinajstić information content (AvgIpc) is 0. The van der Waals surface area contributed by atoms with Crippen LogP contribution in [0.2, 0.25) is 0 Å². The first-order chi connectivity index (χ1) is 0. The molecule has 0 saturated heterocycles. The zero-order valence-corrected chi connectivity index (χ0v) is 9.13. The van der Waals surface area contributed by atoms with Crippen LogP contribution in [0.5, 0.6) is 0 Å². The summed E-state index contributed by atoms with van der Waals surface area (Å²) in [6, 6.07) is 0. The van der Waals surface area contributed by atoms with Gasteiger partial charge in [0.25, 0.3) is 0 Å². The van der Waals surface area contributed by atoms with Crippen molar-refractivity contribution in [3.05, 3.63) is 0 Å². The van der Waals surface area contributed by atoms with E-state index in [1.54, 1.807) is 0 Å². The largest absolute Gasteiger partial charge is 2.00 e. The fraction of sp³-hybridized carbons (Fsp3) is 0. The van der Waals surface area contributed by atoms with Crippen LogP contribution in [0, 0.1) is 0 Å².